The van der Waals surface area contributed by atoms with Gasteiger partial charge in [0.05, 0.1) is 12.5 Å². The Kier molecular flexibility index (Phi) is 5.38. The van der Waals surface area contributed by atoms with Gasteiger partial charge in [-0.3, -0.25) is 9.59 Å². The van der Waals surface area contributed by atoms with E-state index in [0.29, 0.717) is 10.6 Å². The summed E-state index contributed by atoms with van der Waals surface area (Å²) < 4.78 is 5.33. The molecule has 0 saturated carbocycles. The van der Waals surface area contributed by atoms with Gasteiger partial charge in [-0.15, -0.1) is 0 Å². The van der Waals surface area contributed by atoms with Crippen LogP contribution in [0.25, 0.3) is 0 Å². The van der Waals surface area contributed by atoms with Crippen molar-refractivity contribution in [3.8, 4) is 0 Å². The second-order valence-corrected chi connectivity index (χ2v) is 6.61. The molecule has 2 N–H and O–H groups in total. The maximum atomic E-state index is 12.7. The Balaban J connectivity index is 1.82. The van der Waals surface area contributed by atoms with Crippen molar-refractivity contribution in [3.63, 3.8) is 0 Å². The lowest BCUT2D eigenvalue weighted by atomic mass is 10.0. The van der Waals surface area contributed by atoms with Crippen molar-refractivity contribution in [2.75, 3.05) is 0 Å². The van der Waals surface area contributed by atoms with E-state index in [1.165, 1.54) is 0 Å². The molecule has 0 fully saturated rings. The Morgan fingerprint density at radius 2 is 1.92 bits per heavy atom. The summed E-state index contributed by atoms with van der Waals surface area (Å²) in [7, 11) is 0. The molecule has 0 aliphatic heterocycles. The van der Waals surface area contributed by atoms with Gasteiger partial charge in [-0.2, -0.15) is 0 Å². The Hall–Kier alpha value is -2.34. The summed E-state index contributed by atoms with van der Waals surface area (Å²) in [4.78, 5) is 23.9. The van der Waals surface area contributed by atoms with Gasteiger partial charge in [0.15, 0.2) is 5.69 Å². The van der Waals surface area contributed by atoms with E-state index >= 15 is 0 Å². The first kappa shape index (κ1) is 17.5. The second-order valence-electron chi connectivity index (χ2n) is 6.17. The molecule has 0 spiro atoms. The van der Waals surface area contributed by atoms with Crippen LogP contribution in [0, 0.1) is 0 Å². The average Bonchev–Trinajstić information content (AvgIpc) is 2.83. The number of carbonyl (C=O) groups is 2. The highest BCUT2D eigenvalue weighted by Gasteiger charge is 2.26. The number of nitrogens with one attached hydrogen (secondary N) is 1. The molecule has 1 aliphatic rings. The van der Waals surface area contributed by atoms with E-state index < -0.39 is 17.9 Å². The summed E-state index contributed by atoms with van der Waals surface area (Å²) in [6.07, 6.45) is 4.42. The van der Waals surface area contributed by atoms with Gasteiger partial charge in [0.2, 0.25) is 0 Å². The number of rotatable bonds is 5. The Morgan fingerprint density at radius 3 is 2.64 bits per heavy atom. The third-order valence-electron chi connectivity index (χ3n) is 4.37. The van der Waals surface area contributed by atoms with Crippen molar-refractivity contribution in [2.24, 2.45) is 0 Å². The first-order valence-corrected chi connectivity index (χ1v) is 8.68. The smallest absolute Gasteiger partial charge is 0.305 e. The third kappa shape index (κ3) is 4.20. The highest BCUT2D eigenvalue weighted by molar-refractivity contribution is 6.30. The van der Waals surface area contributed by atoms with Gasteiger partial charge in [-0.05, 0) is 37.0 Å². The van der Waals surface area contributed by atoms with Gasteiger partial charge >= 0.3 is 5.97 Å². The van der Waals surface area contributed by atoms with Crippen LogP contribution in [0.4, 0.5) is 0 Å². The van der Waals surface area contributed by atoms with Crippen LogP contribution < -0.4 is 5.32 Å². The first-order valence-electron chi connectivity index (χ1n) is 8.30. The molecule has 25 heavy (non-hydrogen) atoms. The molecule has 2 aromatic rings. The number of nitrogens with zero attached hydrogens (tertiary/aromatic N) is 1. The summed E-state index contributed by atoms with van der Waals surface area (Å²) in [5, 5.41) is 16.4. The number of carboxylic acid groups (broad SMARTS) is 1. The van der Waals surface area contributed by atoms with Crippen molar-refractivity contribution in [2.45, 2.75) is 44.6 Å². The van der Waals surface area contributed by atoms with Gasteiger partial charge in [0.1, 0.15) is 5.76 Å². The van der Waals surface area contributed by atoms with E-state index in [-0.39, 0.29) is 12.1 Å². The lowest BCUT2D eigenvalue weighted by Crippen LogP contribution is -2.31. The summed E-state index contributed by atoms with van der Waals surface area (Å²) in [5.74, 6) is -0.642. The van der Waals surface area contributed by atoms with E-state index in [9.17, 15) is 9.59 Å². The maximum absolute atomic E-state index is 12.7. The third-order valence-corrected chi connectivity index (χ3v) is 4.62. The molecule has 0 unspecified atom stereocenters. The van der Waals surface area contributed by atoms with Gasteiger partial charge in [-0.25, -0.2) is 0 Å². The van der Waals surface area contributed by atoms with Crippen molar-refractivity contribution in [1.82, 2.24) is 10.5 Å². The van der Waals surface area contributed by atoms with Crippen LogP contribution in [0.5, 0.6) is 0 Å². The van der Waals surface area contributed by atoms with E-state index in [2.05, 4.69) is 10.5 Å². The zero-order valence-corrected chi connectivity index (χ0v) is 14.4. The number of aryl methyl sites for hydroxylation is 1. The quantitative estimate of drug-likeness (QED) is 0.793. The van der Waals surface area contributed by atoms with Crippen molar-refractivity contribution in [3.05, 3.63) is 51.9 Å². The van der Waals surface area contributed by atoms with Gasteiger partial charge in [0, 0.05) is 17.0 Å². The van der Waals surface area contributed by atoms with E-state index in [4.69, 9.17) is 21.2 Å². The fourth-order valence-corrected chi connectivity index (χ4v) is 3.21. The lowest BCUT2D eigenvalue weighted by Gasteiger charge is -2.17. The first-order chi connectivity index (χ1) is 12.0. The van der Waals surface area contributed by atoms with E-state index in [1.54, 1.807) is 24.3 Å². The Bertz CT molecular complexity index is 770. The molecule has 6 nitrogen and oxygen atoms in total. The topological polar surface area (TPSA) is 92.4 Å². The van der Waals surface area contributed by atoms with Crippen LogP contribution in [0.1, 0.15) is 59.1 Å². The molecule has 3 rings (SSSR count). The number of carboxylic acids is 1. The Labute approximate surface area is 150 Å². The molecule has 7 heteroatoms. The highest BCUT2D eigenvalue weighted by atomic mass is 35.5. The normalized spacial score (nSPS) is 15.1. The number of aromatic nitrogens is 1. The monoisotopic (exact) mass is 362 g/mol. The number of carbonyl (C=O) groups excluding carboxylic acids is 1. The molecule has 1 aromatic heterocycles. The van der Waals surface area contributed by atoms with Gasteiger partial charge in [0.25, 0.3) is 5.91 Å². The molecule has 1 aliphatic carbocycles. The lowest BCUT2D eigenvalue weighted by molar-refractivity contribution is -0.137. The summed E-state index contributed by atoms with van der Waals surface area (Å²) >= 11 is 5.88. The number of fused-ring (bicyclic) bond motifs is 1. The molecule has 0 radical (unpaired) electrons. The number of amides is 1. The fraction of sp³-hybridized carbons (Fsp3) is 0.389. The minimum absolute atomic E-state index is 0.229. The predicted octanol–water partition coefficient (Wildman–Crippen LogP) is 3.54. The summed E-state index contributed by atoms with van der Waals surface area (Å²) in [6, 6.07) is 6.08. The highest BCUT2D eigenvalue weighted by Crippen LogP contribution is 2.25. The van der Waals surface area contributed by atoms with Gasteiger partial charge in [-0.1, -0.05) is 35.3 Å². The number of hydrogen-bond donors (Lipinski definition) is 2. The average molecular weight is 363 g/mol. The van der Waals surface area contributed by atoms with Crippen molar-refractivity contribution >= 4 is 23.5 Å². The van der Waals surface area contributed by atoms with E-state index in [1.807, 2.05) is 0 Å². The maximum Gasteiger partial charge on any atom is 0.305 e. The SMILES string of the molecule is O=C(O)C[C@H](NC(=O)c1noc2c1CCCCC2)c1ccc(Cl)cc1. The van der Waals surface area contributed by atoms with Crippen LogP contribution in [0.2, 0.25) is 5.02 Å². The number of benzene rings is 1. The van der Waals surface area contributed by atoms with Crippen LogP contribution in [-0.4, -0.2) is 22.1 Å². The molecule has 0 saturated heterocycles. The van der Waals surface area contributed by atoms with Crippen LogP contribution in [0.3, 0.4) is 0 Å². The molecular formula is C18H19ClN2O4. The largest absolute Gasteiger partial charge is 0.481 e. The van der Waals surface area contributed by atoms with Crippen molar-refractivity contribution in [1.29, 1.82) is 0 Å². The molecule has 1 heterocycles. The van der Waals surface area contributed by atoms with Crippen LogP contribution in [0.15, 0.2) is 28.8 Å². The Morgan fingerprint density at radius 1 is 1.20 bits per heavy atom. The molecule has 1 aromatic carbocycles. The van der Waals surface area contributed by atoms with Gasteiger partial charge < -0.3 is 14.9 Å². The predicted molar refractivity (Wildman–Crippen MR) is 91.7 cm³/mol. The standard InChI is InChI=1S/C18H19ClN2O4/c19-12-8-6-11(7-9-12)14(10-16(22)23)20-18(24)17-13-4-2-1-3-5-15(13)25-21-17/h6-9,14H,1-5,10H2,(H,20,24)(H,22,23)/t14-/m0/s1. The molecular weight excluding hydrogens is 344 g/mol. The summed E-state index contributed by atoms with van der Waals surface area (Å²) in [5.41, 5.74) is 1.79. The minimum Gasteiger partial charge on any atom is -0.481 e. The molecule has 132 valence electrons. The minimum atomic E-state index is -1.00. The van der Waals surface area contributed by atoms with Crippen molar-refractivity contribution < 1.29 is 19.2 Å². The summed E-state index contributed by atoms with van der Waals surface area (Å²) in [6.45, 7) is 0. The zero-order valence-electron chi connectivity index (χ0n) is 13.6. The fourth-order valence-electron chi connectivity index (χ4n) is 3.09. The van der Waals surface area contributed by atoms with E-state index in [0.717, 1.165) is 43.4 Å². The molecule has 1 atom stereocenters. The zero-order chi connectivity index (χ0) is 17.8. The molecule has 0 bridgehead atoms. The molecule has 1 amide bonds. The number of hydrogen-bond acceptors (Lipinski definition) is 4. The number of halogens is 1. The number of aliphatic carboxylic acids is 1. The van der Waals surface area contributed by atoms with Crippen LogP contribution >= 0.6 is 11.6 Å². The second kappa shape index (κ2) is 7.70. The van der Waals surface area contributed by atoms with Crippen LogP contribution in [-0.2, 0) is 17.6 Å².